The van der Waals surface area contributed by atoms with Gasteiger partial charge in [0.05, 0.1) is 17.5 Å². The van der Waals surface area contributed by atoms with Crippen LogP contribution in [0.2, 0.25) is 0 Å². The van der Waals surface area contributed by atoms with Gasteiger partial charge in [0.25, 0.3) is 5.91 Å². The first kappa shape index (κ1) is 16.9. The number of nitrogens with one attached hydrogen (secondary N) is 1. The van der Waals surface area contributed by atoms with Gasteiger partial charge in [0.15, 0.2) is 0 Å². The highest BCUT2D eigenvalue weighted by Gasteiger charge is 2.11. The highest BCUT2D eigenvalue weighted by atomic mass is 16.3. The second-order valence-corrected chi connectivity index (χ2v) is 6.02. The molecule has 2 N–H and O–H groups in total. The molecule has 0 saturated heterocycles. The van der Waals surface area contributed by atoms with Gasteiger partial charge in [0.1, 0.15) is 0 Å². The van der Waals surface area contributed by atoms with Gasteiger partial charge in [-0.15, -0.1) is 0 Å². The van der Waals surface area contributed by atoms with Crippen LogP contribution in [0.25, 0.3) is 5.69 Å². The molecule has 0 radical (unpaired) electrons. The van der Waals surface area contributed by atoms with E-state index in [0.29, 0.717) is 5.56 Å². The summed E-state index contributed by atoms with van der Waals surface area (Å²) in [5.41, 5.74) is 4.23. The van der Waals surface area contributed by atoms with Crippen LogP contribution in [0.3, 0.4) is 0 Å². The van der Waals surface area contributed by atoms with Gasteiger partial charge < -0.3 is 10.4 Å². The van der Waals surface area contributed by atoms with E-state index in [0.717, 1.165) is 22.6 Å². The molecule has 0 fully saturated rings. The number of aliphatic hydroxyl groups excluding tert-OH is 1. The Balaban J connectivity index is 1.64. The molecule has 25 heavy (non-hydrogen) atoms. The molecule has 2 aromatic carbocycles. The average Bonchev–Trinajstić information content (AvgIpc) is 2.98. The number of carbonyl (C=O) groups is 1. The lowest BCUT2D eigenvalue weighted by Gasteiger charge is -2.12. The Kier molecular flexibility index (Phi) is 4.95. The number of benzene rings is 2. The molecule has 1 unspecified atom stereocenters. The lowest BCUT2D eigenvalue weighted by Crippen LogP contribution is -2.28. The van der Waals surface area contributed by atoms with Gasteiger partial charge in [-0.3, -0.25) is 4.79 Å². The van der Waals surface area contributed by atoms with Crippen LogP contribution in [0, 0.1) is 13.8 Å². The van der Waals surface area contributed by atoms with Gasteiger partial charge in [-0.1, -0.05) is 30.3 Å². The summed E-state index contributed by atoms with van der Waals surface area (Å²) in [5, 5.41) is 17.3. The van der Waals surface area contributed by atoms with Crippen LogP contribution >= 0.6 is 0 Å². The van der Waals surface area contributed by atoms with Crippen LogP contribution in [-0.4, -0.2) is 27.3 Å². The van der Waals surface area contributed by atoms with Crippen LogP contribution < -0.4 is 5.32 Å². The van der Waals surface area contributed by atoms with Crippen molar-refractivity contribution in [3.63, 3.8) is 0 Å². The molecule has 128 valence electrons. The molecular formula is C20H21N3O2. The number of aliphatic hydroxyl groups is 1. The first-order valence-corrected chi connectivity index (χ1v) is 8.19. The zero-order valence-electron chi connectivity index (χ0n) is 14.3. The van der Waals surface area contributed by atoms with Crippen molar-refractivity contribution in [2.75, 3.05) is 6.54 Å². The number of hydrogen-bond donors (Lipinski definition) is 2. The number of nitrogens with zero attached hydrogens (tertiary/aromatic N) is 2. The Morgan fingerprint density at radius 3 is 2.40 bits per heavy atom. The SMILES string of the molecule is Cc1cc(C)n(-c2ccc(C(=O)NCC(O)c3ccccc3)cc2)n1. The van der Waals surface area contributed by atoms with Crippen molar-refractivity contribution in [3.8, 4) is 5.69 Å². The van der Waals surface area contributed by atoms with E-state index in [1.807, 2.05) is 67.1 Å². The summed E-state index contributed by atoms with van der Waals surface area (Å²) in [6.07, 6.45) is -0.723. The molecule has 0 bridgehead atoms. The highest BCUT2D eigenvalue weighted by molar-refractivity contribution is 5.94. The van der Waals surface area contributed by atoms with Crippen molar-refractivity contribution in [2.45, 2.75) is 20.0 Å². The van der Waals surface area contributed by atoms with Crippen LogP contribution in [0.15, 0.2) is 60.7 Å². The zero-order chi connectivity index (χ0) is 17.8. The summed E-state index contributed by atoms with van der Waals surface area (Å²) in [7, 11) is 0. The molecule has 0 aliphatic rings. The Hall–Kier alpha value is -2.92. The average molecular weight is 335 g/mol. The predicted molar refractivity (Wildman–Crippen MR) is 96.8 cm³/mol. The normalized spacial score (nSPS) is 12.0. The molecule has 1 heterocycles. The maximum atomic E-state index is 12.3. The predicted octanol–water partition coefficient (Wildman–Crippen LogP) is 2.95. The monoisotopic (exact) mass is 335 g/mol. The van der Waals surface area contributed by atoms with E-state index >= 15 is 0 Å². The quantitative estimate of drug-likeness (QED) is 0.753. The van der Waals surface area contributed by atoms with Crippen LogP contribution in [0.5, 0.6) is 0 Å². The number of amides is 1. The van der Waals surface area contributed by atoms with Gasteiger partial charge in [-0.05, 0) is 49.7 Å². The molecule has 1 amide bonds. The second-order valence-electron chi connectivity index (χ2n) is 6.02. The molecule has 1 atom stereocenters. The zero-order valence-corrected chi connectivity index (χ0v) is 14.3. The van der Waals surface area contributed by atoms with Gasteiger partial charge in [0.2, 0.25) is 0 Å². The Bertz CT molecular complexity index is 854. The molecule has 3 rings (SSSR count). The Labute approximate surface area is 146 Å². The molecule has 0 spiro atoms. The molecule has 3 aromatic rings. The van der Waals surface area contributed by atoms with Crippen LogP contribution in [0.4, 0.5) is 0 Å². The van der Waals surface area contributed by atoms with Crippen molar-refractivity contribution >= 4 is 5.91 Å². The molecule has 1 aromatic heterocycles. The van der Waals surface area contributed by atoms with Crippen molar-refractivity contribution in [1.82, 2.24) is 15.1 Å². The second kappa shape index (κ2) is 7.32. The minimum Gasteiger partial charge on any atom is -0.387 e. The van der Waals surface area contributed by atoms with E-state index < -0.39 is 6.10 Å². The number of carbonyl (C=O) groups excluding carboxylic acids is 1. The number of aryl methyl sites for hydroxylation is 2. The molecule has 0 aliphatic carbocycles. The smallest absolute Gasteiger partial charge is 0.251 e. The van der Waals surface area contributed by atoms with Crippen molar-refractivity contribution in [2.24, 2.45) is 0 Å². The minimum atomic E-state index is -0.723. The maximum Gasteiger partial charge on any atom is 0.251 e. The topological polar surface area (TPSA) is 67.2 Å². The third kappa shape index (κ3) is 3.95. The third-order valence-corrected chi connectivity index (χ3v) is 4.02. The van der Waals surface area contributed by atoms with Crippen LogP contribution in [0.1, 0.15) is 33.4 Å². The first-order chi connectivity index (χ1) is 12.0. The molecule has 0 aliphatic heterocycles. The van der Waals surface area contributed by atoms with Gasteiger partial charge in [0, 0.05) is 17.8 Å². The van der Waals surface area contributed by atoms with E-state index in [1.54, 1.807) is 12.1 Å². The van der Waals surface area contributed by atoms with Crippen LogP contribution in [-0.2, 0) is 0 Å². The Morgan fingerprint density at radius 2 is 1.80 bits per heavy atom. The summed E-state index contributed by atoms with van der Waals surface area (Å²) >= 11 is 0. The van der Waals surface area contributed by atoms with E-state index in [1.165, 1.54) is 0 Å². The number of aromatic nitrogens is 2. The summed E-state index contributed by atoms with van der Waals surface area (Å²) in [4.78, 5) is 12.3. The molecule has 0 saturated carbocycles. The van der Waals surface area contributed by atoms with E-state index in [2.05, 4.69) is 10.4 Å². The standard InChI is InChI=1S/C20H21N3O2/c1-14-12-15(2)23(22-14)18-10-8-17(9-11-18)20(25)21-13-19(24)16-6-4-3-5-7-16/h3-12,19,24H,13H2,1-2H3,(H,21,25). The van der Waals surface area contributed by atoms with Gasteiger partial charge >= 0.3 is 0 Å². The van der Waals surface area contributed by atoms with Gasteiger partial charge in [-0.2, -0.15) is 5.10 Å². The van der Waals surface area contributed by atoms with Crippen molar-refractivity contribution < 1.29 is 9.90 Å². The maximum absolute atomic E-state index is 12.3. The number of rotatable bonds is 5. The highest BCUT2D eigenvalue weighted by Crippen LogP contribution is 2.14. The summed E-state index contributed by atoms with van der Waals surface area (Å²) in [6, 6.07) is 18.5. The fraction of sp³-hybridized carbons (Fsp3) is 0.200. The molecule has 5 nitrogen and oxygen atoms in total. The Morgan fingerprint density at radius 1 is 1.12 bits per heavy atom. The summed E-state index contributed by atoms with van der Waals surface area (Å²) in [5.74, 6) is -0.213. The summed E-state index contributed by atoms with van der Waals surface area (Å²) < 4.78 is 1.84. The van der Waals surface area contributed by atoms with Gasteiger partial charge in [-0.25, -0.2) is 4.68 Å². The molecule has 5 heteroatoms. The third-order valence-electron chi connectivity index (χ3n) is 4.02. The lowest BCUT2D eigenvalue weighted by atomic mass is 10.1. The van der Waals surface area contributed by atoms with E-state index in [-0.39, 0.29) is 12.5 Å². The van der Waals surface area contributed by atoms with Crippen molar-refractivity contribution in [3.05, 3.63) is 83.2 Å². The minimum absolute atomic E-state index is 0.169. The van der Waals surface area contributed by atoms with E-state index in [9.17, 15) is 9.90 Å². The van der Waals surface area contributed by atoms with Crippen molar-refractivity contribution in [1.29, 1.82) is 0 Å². The fourth-order valence-electron chi connectivity index (χ4n) is 2.73. The number of hydrogen-bond acceptors (Lipinski definition) is 3. The fourth-order valence-corrected chi connectivity index (χ4v) is 2.73. The summed E-state index contributed by atoms with van der Waals surface area (Å²) in [6.45, 7) is 4.11. The lowest BCUT2D eigenvalue weighted by molar-refractivity contribution is 0.0916. The van der Waals surface area contributed by atoms with E-state index in [4.69, 9.17) is 0 Å². The largest absolute Gasteiger partial charge is 0.387 e. The molecular weight excluding hydrogens is 314 g/mol. The first-order valence-electron chi connectivity index (χ1n) is 8.19.